The maximum absolute atomic E-state index is 12.1. The molecule has 0 aliphatic carbocycles. The van der Waals surface area contributed by atoms with Crippen molar-refractivity contribution in [1.82, 2.24) is 9.97 Å². The van der Waals surface area contributed by atoms with Gasteiger partial charge in [0.1, 0.15) is 5.69 Å². The van der Waals surface area contributed by atoms with Crippen molar-refractivity contribution in [2.24, 2.45) is 0 Å². The van der Waals surface area contributed by atoms with E-state index >= 15 is 0 Å². The Labute approximate surface area is 109 Å². The maximum Gasteiger partial charge on any atom is 0.337 e. The summed E-state index contributed by atoms with van der Waals surface area (Å²) in [6.07, 6.45) is 4.33. The van der Waals surface area contributed by atoms with Gasteiger partial charge in [0, 0.05) is 31.3 Å². The lowest BCUT2D eigenvalue weighted by atomic mass is 10.2. The number of anilines is 1. The second kappa shape index (κ2) is 5.26. The average molecular weight is 257 g/mol. The number of aromatic nitrogens is 2. The molecule has 0 aromatic carbocycles. The third kappa shape index (κ3) is 2.74. The van der Waals surface area contributed by atoms with E-state index in [0.717, 1.165) is 6.20 Å². The molecular weight excluding hydrogens is 246 g/mol. The van der Waals surface area contributed by atoms with Crippen molar-refractivity contribution >= 4 is 17.6 Å². The van der Waals surface area contributed by atoms with Crippen LogP contribution in [0.2, 0.25) is 0 Å². The fourth-order valence-corrected chi connectivity index (χ4v) is 1.50. The van der Waals surface area contributed by atoms with Crippen LogP contribution in [-0.4, -0.2) is 34.0 Å². The molecule has 2 rings (SSSR count). The minimum atomic E-state index is -1.08. The van der Waals surface area contributed by atoms with Gasteiger partial charge >= 0.3 is 5.97 Å². The fraction of sp³-hybridized carbons (Fsp3) is 0.0769. The lowest BCUT2D eigenvalue weighted by Crippen LogP contribution is -2.27. The number of carboxylic acid groups (broad SMARTS) is 1. The molecule has 0 aliphatic heterocycles. The Kier molecular flexibility index (Phi) is 3.51. The third-order valence-electron chi connectivity index (χ3n) is 2.58. The van der Waals surface area contributed by atoms with Crippen LogP contribution in [0.15, 0.2) is 42.9 Å². The average Bonchev–Trinajstić information content (AvgIpc) is 2.46. The minimum Gasteiger partial charge on any atom is -0.478 e. The summed E-state index contributed by atoms with van der Waals surface area (Å²) in [7, 11) is 1.62. The highest BCUT2D eigenvalue weighted by atomic mass is 16.4. The summed E-state index contributed by atoms with van der Waals surface area (Å²) in [4.78, 5) is 32.0. The van der Waals surface area contributed by atoms with Gasteiger partial charge in [-0.1, -0.05) is 0 Å². The van der Waals surface area contributed by atoms with Crippen molar-refractivity contribution in [1.29, 1.82) is 0 Å². The zero-order valence-corrected chi connectivity index (χ0v) is 10.1. The van der Waals surface area contributed by atoms with Crippen molar-refractivity contribution in [2.45, 2.75) is 0 Å². The Morgan fingerprint density at radius 1 is 1.16 bits per heavy atom. The first-order chi connectivity index (χ1) is 9.09. The molecule has 0 bridgehead atoms. The monoisotopic (exact) mass is 257 g/mol. The summed E-state index contributed by atoms with van der Waals surface area (Å²) in [6, 6.07) is 6.14. The van der Waals surface area contributed by atoms with Crippen molar-refractivity contribution in [3.05, 3.63) is 54.1 Å². The van der Waals surface area contributed by atoms with Gasteiger partial charge in [0.2, 0.25) is 0 Å². The second-order valence-corrected chi connectivity index (χ2v) is 3.81. The van der Waals surface area contributed by atoms with E-state index in [0.29, 0.717) is 5.69 Å². The highest BCUT2D eigenvalue weighted by Crippen LogP contribution is 2.13. The molecule has 0 aliphatic rings. The topological polar surface area (TPSA) is 83.4 Å². The van der Waals surface area contributed by atoms with Crippen LogP contribution >= 0.6 is 0 Å². The molecule has 1 N–H and O–H groups in total. The van der Waals surface area contributed by atoms with Gasteiger partial charge in [-0.15, -0.1) is 0 Å². The predicted molar refractivity (Wildman–Crippen MR) is 68.2 cm³/mol. The molecule has 6 nitrogen and oxygen atoms in total. The molecule has 2 heterocycles. The Hall–Kier alpha value is -2.76. The van der Waals surface area contributed by atoms with Gasteiger partial charge in [-0.2, -0.15) is 0 Å². The zero-order valence-electron chi connectivity index (χ0n) is 10.1. The first kappa shape index (κ1) is 12.7. The Morgan fingerprint density at radius 2 is 1.84 bits per heavy atom. The zero-order chi connectivity index (χ0) is 13.8. The van der Waals surface area contributed by atoms with Crippen molar-refractivity contribution in [3.8, 4) is 0 Å². The van der Waals surface area contributed by atoms with E-state index in [9.17, 15) is 9.59 Å². The van der Waals surface area contributed by atoms with Crippen molar-refractivity contribution in [3.63, 3.8) is 0 Å². The largest absolute Gasteiger partial charge is 0.478 e. The van der Waals surface area contributed by atoms with Crippen LogP contribution in [0.5, 0.6) is 0 Å². The van der Waals surface area contributed by atoms with E-state index < -0.39 is 5.97 Å². The summed E-state index contributed by atoms with van der Waals surface area (Å²) < 4.78 is 0. The van der Waals surface area contributed by atoms with Gasteiger partial charge in [-0.3, -0.25) is 14.8 Å². The predicted octanol–water partition coefficient (Wildman–Crippen LogP) is 1.45. The highest BCUT2D eigenvalue weighted by molar-refractivity contribution is 6.04. The van der Waals surface area contributed by atoms with Gasteiger partial charge in [0.15, 0.2) is 0 Å². The Balaban J connectivity index is 2.22. The normalized spacial score (nSPS) is 9.95. The van der Waals surface area contributed by atoms with Crippen LogP contribution in [0.4, 0.5) is 5.69 Å². The van der Waals surface area contributed by atoms with Gasteiger partial charge in [-0.25, -0.2) is 4.79 Å². The smallest absolute Gasteiger partial charge is 0.337 e. The summed E-state index contributed by atoms with van der Waals surface area (Å²) in [5.74, 6) is -1.39. The van der Waals surface area contributed by atoms with E-state index in [-0.39, 0.29) is 17.2 Å². The number of nitrogens with zero attached hydrogens (tertiary/aromatic N) is 3. The molecular formula is C13H11N3O3. The molecule has 0 radical (unpaired) electrons. The van der Waals surface area contributed by atoms with E-state index in [4.69, 9.17) is 5.11 Å². The maximum atomic E-state index is 12.1. The van der Waals surface area contributed by atoms with Crippen LogP contribution in [0.1, 0.15) is 20.8 Å². The van der Waals surface area contributed by atoms with Gasteiger partial charge in [-0.05, 0) is 24.3 Å². The highest BCUT2D eigenvalue weighted by Gasteiger charge is 2.15. The molecule has 0 saturated heterocycles. The summed E-state index contributed by atoms with van der Waals surface area (Å²) in [5, 5.41) is 8.76. The van der Waals surface area contributed by atoms with Crippen LogP contribution < -0.4 is 4.90 Å². The van der Waals surface area contributed by atoms with Gasteiger partial charge < -0.3 is 10.0 Å². The van der Waals surface area contributed by atoms with E-state index in [1.54, 1.807) is 31.6 Å². The molecule has 2 aromatic rings. The van der Waals surface area contributed by atoms with Crippen LogP contribution in [0, 0.1) is 0 Å². The first-order valence-electron chi connectivity index (χ1n) is 5.47. The fourth-order valence-electron chi connectivity index (χ4n) is 1.50. The Bertz CT molecular complexity index is 596. The number of hydrogen-bond donors (Lipinski definition) is 1. The number of carboxylic acids is 1. The molecule has 19 heavy (non-hydrogen) atoms. The molecule has 6 heteroatoms. The molecule has 0 unspecified atom stereocenters. The molecule has 1 amide bonds. The summed E-state index contributed by atoms with van der Waals surface area (Å²) in [5.41, 5.74) is 0.913. The van der Waals surface area contributed by atoms with Gasteiger partial charge in [0.05, 0.1) is 5.56 Å². The number of carbonyl (C=O) groups excluding carboxylic acids is 1. The lowest BCUT2D eigenvalue weighted by Gasteiger charge is -2.16. The van der Waals surface area contributed by atoms with E-state index in [1.165, 1.54) is 17.0 Å². The molecule has 2 aromatic heterocycles. The van der Waals surface area contributed by atoms with Crippen LogP contribution in [-0.2, 0) is 0 Å². The SMILES string of the molecule is CN(C(=O)c1ccc(C(=O)O)cn1)c1ccncc1. The Morgan fingerprint density at radius 3 is 2.37 bits per heavy atom. The van der Waals surface area contributed by atoms with Crippen molar-refractivity contribution in [2.75, 3.05) is 11.9 Å². The van der Waals surface area contributed by atoms with Crippen LogP contribution in [0.25, 0.3) is 0 Å². The standard InChI is InChI=1S/C13H11N3O3/c1-16(10-4-6-14-7-5-10)12(17)11-3-2-9(8-15-11)13(18)19/h2-8H,1H3,(H,18,19). The molecule has 0 fully saturated rings. The van der Waals surface area contributed by atoms with Crippen LogP contribution in [0.3, 0.4) is 0 Å². The number of aromatic carboxylic acids is 1. The molecule has 0 atom stereocenters. The molecule has 0 saturated carbocycles. The number of hydrogen-bond acceptors (Lipinski definition) is 4. The third-order valence-corrected chi connectivity index (χ3v) is 2.58. The lowest BCUT2D eigenvalue weighted by molar-refractivity contribution is 0.0695. The number of carbonyl (C=O) groups is 2. The number of rotatable bonds is 3. The number of pyridine rings is 2. The quantitative estimate of drug-likeness (QED) is 0.899. The molecule has 0 spiro atoms. The minimum absolute atomic E-state index is 0.0446. The van der Waals surface area contributed by atoms with Crippen molar-refractivity contribution < 1.29 is 14.7 Å². The second-order valence-electron chi connectivity index (χ2n) is 3.81. The first-order valence-corrected chi connectivity index (χ1v) is 5.47. The molecule has 96 valence electrons. The van der Waals surface area contributed by atoms with E-state index in [2.05, 4.69) is 9.97 Å². The van der Waals surface area contributed by atoms with E-state index in [1.807, 2.05) is 0 Å². The number of amides is 1. The van der Waals surface area contributed by atoms with Gasteiger partial charge in [0.25, 0.3) is 5.91 Å². The summed E-state index contributed by atoms with van der Waals surface area (Å²) in [6.45, 7) is 0. The summed E-state index contributed by atoms with van der Waals surface area (Å²) >= 11 is 0.